The Bertz CT molecular complexity index is 302. The summed E-state index contributed by atoms with van der Waals surface area (Å²) >= 11 is 0. The maximum atomic E-state index is 12.3. The van der Waals surface area contributed by atoms with Crippen molar-refractivity contribution in [2.24, 2.45) is 0 Å². The number of likely N-dealkylation sites (N-methyl/N-ethyl adjacent to an activating group) is 2. The van der Waals surface area contributed by atoms with Gasteiger partial charge in [-0.15, -0.1) is 12.4 Å². The minimum Gasteiger partial charge on any atom is -0.375 e. The Morgan fingerprint density at radius 3 is 2.63 bits per heavy atom. The van der Waals surface area contributed by atoms with E-state index in [2.05, 4.69) is 10.6 Å². The highest BCUT2D eigenvalue weighted by molar-refractivity contribution is 5.88. The summed E-state index contributed by atoms with van der Waals surface area (Å²) in [6, 6.07) is -0.354. The van der Waals surface area contributed by atoms with Crippen LogP contribution in [-0.4, -0.2) is 61.6 Å². The summed E-state index contributed by atoms with van der Waals surface area (Å²) in [7, 11) is 0. The van der Waals surface area contributed by atoms with Crippen LogP contribution in [0.2, 0.25) is 0 Å². The molecule has 0 aromatic carbocycles. The second-order valence-corrected chi connectivity index (χ2v) is 4.31. The summed E-state index contributed by atoms with van der Waals surface area (Å²) in [5, 5.41) is 5.84. The van der Waals surface area contributed by atoms with Crippen molar-refractivity contribution in [1.82, 2.24) is 15.5 Å². The van der Waals surface area contributed by atoms with Gasteiger partial charge in [0.05, 0.1) is 19.3 Å². The Morgan fingerprint density at radius 1 is 1.42 bits per heavy atom. The molecule has 19 heavy (non-hydrogen) atoms. The zero-order valence-electron chi connectivity index (χ0n) is 11.8. The Labute approximate surface area is 120 Å². The first kappa shape index (κ1) is 18.1. The second-order valence-electron chi connectivity index (χ2n) is 4.31. The molecule has 1 fully saturated rings. The van der Waals surface area contributed by atoms with Gasteiger partial charge in [0.25, 0.3) is 0 Å². The van der Waals surface area contributed by atoms with E-state index in [-0.39, 0.29) is 42.9 Å². The monoisotopic (exact) mass is 293 g/mol. The average Bonchev–Trinajstić information content (AvgIpc) is 2.36. The fourth-order valence-corrected chi connectivity index (χ4v) is 1.98. The smallest absolute Gasteiger partial charge is 0.242 e. The van der Waals surface area contributed by atoms with Crippen molar-refractivity contribution in [3.05, 3.63) is 0 Å². The van der Waals surface area contributed by atoms with Gasteiger partial charge in [0, 0.05) is 19.6 Å². The zero-order valence-corrected chi connectivity index (χ0v) is 12.6. The molecule has 1 saturated heterocycles. The molecule has 2 N–H and O–H groups in total. The van der Waals surface area contributed by atoms with Gasteiger partial charge in [-0.1, -0.05) is 0 Å². The van der Waals surface area contributed by atoms with E-state index in [0.717, 1.165) is 0 Å². The number of halogens is 1. The van der Waals surface area contributed by atoms with E-state index in [9.17, 15) is 9.59 Å². The largest absolute Gasteiger partial charge is 0.375 e. The number of morpholine rings is 1. The SMILES string of the molecule is CCNC(=O)CN(CC)C(=O)[C@H]1NCCO[C@@H]1C.Cl. The van der Waals surface area contributed by atoms with Crippen LogP contribution in [0, 0.1) is 0 Å². The quantitative estimate of drug-likeness (QED) is 0.735. The zero-order chi connectivity index (χ0) is 13.5. The highest BCUT2D eigenvalue weighted by Gasteiger charge is 2.31. The number of amides is 2. The predicted molar refractivity (Wildman–Crippen MR) is 75.4 cm³/mol. The van der Waals surface area contributed by atoms with Crippen LogP contribution in [0.3, 0.4) is 0 Å². The van der Waals surface area contributed by atoms with Crippen LogP contribution in [-0.2, 0) is 14.3 Å². The molecule has 0 saturated carbocycles. The van der Waals surface area contributed by atoms with Gasteiger partial charge in [-0.2, -0.15) is 0 Å². The lowest BCUT2D eigenvalue weighted by atomic mass is 10.1. The number of hydrogen-bond acceptors (Lipinski definition) is 4. The molecule has 0 unspecified atom stereocenters. The third-order valence-corrected chi connectivity index (χ3v) is 2.98. The average molecular weight is 294 g/mol. The number of carbonyl (C=O) groups is 2. The third-order valence-electron chi connectivity index (χ3n) is 2.98. The Balaban J connectivity index is 0.00000324. The number of rotatable bonds is 5. The molecular weight excluding hydrogens is 270 g/mol. The Hall–Kier alpha value is -0.850. The summed E-state index contributed by atoms with van der Waals surface area (Å²) in [6.45, 7) is 8.07. The van der Waals surface area contributed by atoms with E-state index in [1.165, 1.54) is 0 Å². The first-order chi connectivity index (χ1) is 8.60. The van der Waals surface area contributed by atoms with Crippen LogP contribution in [0.15, 0.2) is 0 Å². The number of hydrogen-bond donors (Lipinski definition) is 2. The maximum Gasteiger partial charge on any atom is 0.242 e. The van der Waals surface area contributed by atoms with Crippen molar-refractivity contribution in [2.45, 2.75) is 32.9 Å². The van der Waals surface area contributed by atoms with Gasteiger partial charge < -0.3 is 20.3 Å². The molecule has 0 aromatic heterocycles. The lowest BCUT2D eigenvalue weighted by Gasteiger charge is -2.33. The topological polar surface area (TPSA) is 70.7 Å². The van der Waals surface area contributed by atoms with Crippen LogP contribution in [0.4, 0.5) is 0 Å². The highest BCUT2D eigenvalue weighted by atomic mass is 35.5. The first-order valence-corrected chi connectivity index (χ1v) is 6.50. The van der Waals surface area contributed by atoms with Crippen LogP contribution >= 0.6 is 12.4 Å². The van der Waals surface area contributed by atoms with Crippen LogP contribution in [0.5, 0.6) is 0 Å². The van der Waals surface area contributed by atoms with E-state index in [1.807, 2.05) is 20.8 Å². The van der Waals surface area contributed by atoms with Crippen LogP contribution < -0.4 is 10.6 Å². The maximum absolute atomic E-state index is 12.3. The van der Waals surface area contributed by atoms with Gasteiger partial charge >= 0.3 is 0 Å². The molecule has 6 nitrogen and oxygen atoms in total. The number of carbonyl (C=O) groups excluding carboxylic acids is 2. The lowest BCUT2D eigenvalue weighted by molar-refractivity contribution is -0.142. The molecule has 1 rings (SSSR count). The molecule has 1 heterocycles. The molecule has 2 amide bonds. The summed E-state index contributed by atoms with van der Waals surface area (Å²) in [4.78, 5) is 25.4. The third kappa shape index (κ3) is 5.34. The fourth-order valence-electron chi connectivity index (χ4n) is 1.98. The summed E-state index contributed by atoms with van der Waals surface area (Å²) < 4.78 is 5.45. The number of nitrogens with zero attached hydrogens (tertiary/aromatic N) is 1. The van der Waals surface area contributed by atoms with E-state index in [1.54, 1.807) is 4.90 Å². The summed E-state index contributed by atoms with van der Waals surface area (Å²) in [5.74, 6) is -0.201. The minimum absolute atomic E-state index is 0. The van der Waals surface area contributed by atoms with E-state index < -0.39 is 0 Å². The first-order valence-electron chi connectivity index (χ1n) is 6.50. The van der Waals surface area contributed by atoms with Crippen molar-refractivity contribution in [2.75, 3.05) is 32.8 Å². The van der Waals surface area contributed by atoms with Crippen molar-refractivity contribution in [3.63, 3.8) is 0 Å². The van der Waals surface area contributed by atoms with Crippen molar-refractivity contribution in [1.29, 1.82) is 0 Å². The standard InChI is InChI=1S/C12H23N3O3.ClH/c1-4-13-10(16)8-15(5-2)12(17)11-9(3)18-7-6-14-11;/h9,11,14H,4-8H2,1-3H3,(H,13,16);1H/t9-,11+;/m1./s1. The minimum atomic E-state index is -0.354. The Kier molecular flexibility index (Phi) is 8.71. The number of nitrogens with one attached hydrogen (secondary N) is 2. The molecule has 7 heteroatoms. The van der Waals surface area contributed by atoms with Crippen molar-refractivity contribution < 1.29 is 14.3 Å². The molecule has 1 aliphatic rings. The van der Waals surface area contributed by atoms with Gasteiger partial charge in [0.1, 0.15) is 6.04 Å². The molecule has 0 aliphatic carbocycles. The summed E-state index contributed by atoms with van der Waals surface area (Å²) in [5.41, 5.74) is 0. The molecule has 2 atom stereocenters. The lowest BCUT2D eigenvalue weighted by Crippen LogP contribution is -2.57. The van der Waals surface area contributed by atoms with Crippen molar-refractivity contribution in [3.8, 4) is 0 Å². The van der Waals surface area contributed by atoms with E-state index >= 15 is 0 Å². The van der Waals surface area contributed by atoms with Gasteiger partial charge in [0.2, 0.25) is 11.8 Å². The van der Waals surface area contributed by atoms with Gasteiger partial charge in [-0.25, -0.2) is 0 Å². The molecule has 0 radical (unpaired) electrons. The highest BCUT2D eigenvalue weighted by Crippen LogP contribution is 2.07. The summed E-state index contributed by atoms with van der Waals surface area (Å²) in [6.07, 6.45) is -0.158. The van der Waals surface area contributed by atoms with Crippen molar-refractivity contribution >= 4 is 24.2 Å². The molecular formula is C12H24ClN3O3. The molecule has 112 valence electrons. The van der Waals surface area contributed by atoms with Crippen LogP contribution in [0.1, 0.15) is 20.8 Å². The van der Waals surface area contributed by atoms with Gasteiger partial charge in [-0.05, 0) is 20.8 Å². The molecule has 0 bridgehead atoms. The molecule has 0 aromatic rings. The number of ether oxygens (including phenoxy) is 1. The molecule has 0 spiro atoms. The van der Waals surface area contributed by atoms with Crippen LogP contribution in [0.25, 0.3) is 0 Å². The predicted octanol–water partition coefficient (Wildman–Crippen LogP) is -0.230. The van der Waals surface area contributed by atoms with Gasteiger partial charge in [0.15, 0.2) is 0 Å². The second kappa shape index (κ2) is 9.12. The normalized spacial score (nSPS) is 22.3. The molecule has 1 aliphatic heterocycles. The van der Waals surface area contributed by atoms with Gasteiger partial charge in [-0.3, -0.25) is 9.59 Å². The van der Waals surface area contributed by atoms with E-state index in [4.69, 9.17) is 4.74 Å². The van der Waals surface area contributed by atoms with E-state index in [0.29, 0.717) is 26.2 Å². The fraction of sp³-hybridized carbons (Fsp3) is 0.833. The Morgan fingerprint density at radius 2 is 2.11 bits per heavy atom.